The van der Waals surface area contributed by atoms with Crippen LogP contribution in [0.15, 0.2) is 48.5 Å². The van der Waals surface area contributed by atoms with Crippen molar-refractivity contribution in [3.63, 3.8) is 0 Å². The fourth-order valence-electron chi connectivity index (χ4n) is 2.13. The molecule has 23 heavy (non-hydrogen) atoms. The fourth-order valence-corrected chi connectivity index (χ4v) is 2.13. The van der Waals surface area contributed by atoms with Gasteiger partial charge in [0.05, 0.1) is 6.54 Å². The molecule has 3 rings (SSSR count). The summed E-state index contributed by atoms with van der Waals surface area (Å²) in [5, 5.41) is 11.4. The number of nitrogens with zero attached hydrogens (tertiary/aromatic N) is 4. The van der Waals surface area contributed by atoms with Gasteiger partial charge in [-0.25, -0.2) is 0 Å². The Hall–Kier alpha value is -2.90. The molecule has 0 fully saturated rings. The van der Waals surface area contributed by atoms with E-state index in [9.17, 15) is 13.2 Å². The minimum absolute atomic E-state index is 0.0120. The molecule has 0 radical (unpaired) electrons. The molecule has 8 heteroatoms. The van der Waals surface area contributed by atoms with Crippen molar-refractivity contribution >= 4 is 5.82 Å². The highest BCUT2D eigenvalue weighted by atomic mass is 19.4. The summed E-state index contributed by atoms with van der Waals surface area (Å²) in [6.45, 7) is 0.0120. The first-order chi connectivity index (χ1) is 10.9. The predicted molar refractivity (Wildman–Crippen MR) is 78.2 cm³/mol. The van der Waals surface area contributed by atoms with Crippen LogP contribution < -0.4 is 5.73 Å². The van der Waals surface area contributed by atoms with E-state index in [-0.39, 0.29) is 23.8 Å². The van der Waals surface area contributed by atoms with E-state index in [1.807, 2.05) is 0 Å². The zero-order chi connectivity index (χ0) is 16.4. The molecule has 0 spiro atoms. The summed E-state index contributed by atoms with van der Waals surface area (Å²) >= 11 is 0. The van der Waals surface area contributed by atoms with Crippen LogP contribution in [0, 0.1) is 0 Å². The number of aromatic nitrogens is 4. The van der Waals surface area contributed by atoms with Crippen molar-refractivity contribution in [2.24, 2.45) is 0 Å². The number of anilines is 1. The van der Waals surface area contributed by atoms with Gasteiger partial charge in [-0.15, -0.1) is 10.2 Å². The fraction of sp³-hybridized carbons (Fsp3) is 0.133. The number of nitrogen functional groups attached to an aromatic ring is 1. The molecule has 5 nitrogen and oxygen atoms in total. The second-order valence-electron chi connectivity index (χ2n) is 4.90. The Morgan fingerprint density at radius 3 is 2.30 bits per heavy atom. The average Bonchev–Trinajstić information content (AvgIpc) is 2.93. The molecule has 0 aliphatic rings. The SMILES string of the molecule is Nc1ccc(-c2cc(C(F)(F)F)n(Cc3ccccc3)n2)nn1. The van der Waals surface area contributed by atoms with Gasteiger partial charge in [0.2, 0.25) is 0 Å². The third-order valence-corrected chi connectivity index (χ3v) is 3.19. The second kappa shape index (κ2) is 5.71. The van der Waals surface area contributed by atoms with Gasteiger partial charge in [0.25, 0.3) is 0 Å². The Labute approximate surface area is 129 Å². The largest absolute Gasteiger partial charge is 0.433 e. The quantitative estimate of drug-likeness (QED) is 0.806. The van der Waals surface area contributed by atoms with Crippen LogP contribution in [0.25, 0.3) is 11.4 Å². The summed E-state index contributed by atoms with van der Waals surface area (Å²) in [4.78, 5) is 0. The number of nitrogens with two attached hydrogens (primary N) is 1. The summed E-state index contributed by atoms with van der Waals surface area (Å²) in [7, 11) is 0. The van der Waals surface area contributed by atoms with Crippen LogP contribution in [0.5, 0.6) is 0 Å². The smallest absolute Gasteiger partial charge is 0.382 e. The van der Waals surface area contributed by atoms with Crippen molar-refractivity contribution in [1.82, 2.24) is 20.0 Å². The number of halogens is 3. The third kappa shape index (κ3) is 3.31. The lowest BCUT2D eigenvalue weighted by Gasteiger charge is -2.09. The molecule has 2 N–H and O–H groups in total. The van der Waals surface area contributed by atoms with Crippen molar-refractivity contribution in [2.45, 2.75) is 12.7 Å². The van der Waals surface area contributed by atoms with E-state index in [4.69, 9.17) is 5.73 Å². The Balaban J connectivity index is 2.02. The molecule has 0 atom stereocenters. The summed E-state index contributed by atoms with van der Waals surface area (Å²) < 4.78 is 40.6. The molecule has 2 aromatic heterocycles. The summed E-state index contributed by atoms with van der Waals surface area (Å²) in [6.07, 6.45) is -4.51. The number of alkyl halides is 3. The first-order valence-corrected chi connectivity index (χ1v) is 6.72. The topological polar surface area (TPSA) is 69.6 Å². The van der Waals surface area contributed by atoms with Crippen LogP contribution in [0.2, 0.25) is 0 Å². The van der Waals surface area contributed by atoms with Crippen LogP contribution >= 0.6 is 0 Å². The molecule has 0 unspecified atom stereocenters. The molecule has 2 heterocycles. The van der Waals surface area contributed by atoms with E-state index in [0.717, 1.165) is 16.3 Å². The number of rotatable bonds is 3. The molecular weight excluding hydrogens is 307 g/mol. The van der Waals surface area contributed by atoms with Crippen molar-refractivity contribution in [3.8, 4) is 11.4 Å². The number of hydrogen-bond acceptors (Lipinski definition) is 4. The zero-order valence-electron chi connectivity index (χ0n) is 11.8. The van der Waals surface area contributed by atoms with Crippen LogP contribution in [0.3, 0.4) is 0 Å². The maximum Gasteiger partial charge on any atom is 0.433 e. The van der Waals surface area contributed by atoms with Crippen molar-refractivity contribution in [1.29, 1.82) is 0 Å². The highest BCUT2D eigenvalue weighted by molar-refractivity contribution is 5.55. The highest BCUT2D eigenvalue weighted by Gasteiger charge is 2.36. The molecule has 0 saturated carbocycles. The van der Waals surface area contributed by atoms with Crippen molar-refractivity contribution < 1.29 is 13.2 Å². The van der Waals surface area contributed by atoms with Crippen molar-refractivity contribution in [2.75, 3.05) is 5.73 Å². The lowest BCUT2D eigenvalue weighted by Crippen LogP contribution is -2.15. The van der Waals surface area contributed by atoms with E-state index in [1.165, 1.54) is 12.1 Å². The number of hydrogen-bond donors (Lipinski definition) is 1. The summed E-state index contributed by atoms with van der Waals surface area (Å²) in [6, 6.07) is 12.7. The van der Waals surface area contributed by atoms with Crippen LogP contribution in [0.4, 0.5) is 19.0 Å². The van der Waals surface area contributed by atoms with E-state index in [2.05, 4.69) is 15.3 Å². The lowest BCUT2D eigenvalue weighted by atomic mass is 10.2. The maximum atomic E-state index is 13.2. The molecule has 3 aromatic rings. The molecular formula is C15H12F3N5. The maximum absolute atomic E-state index is 13.2. The molecule has 0 aliphatic carbocycles. The summed E-state index contributed by atoms with van der Waals surface area (Å²) in [5.41, 5.74) is 5.64. The zero-order valence-corrected chi connectivity index (χ0v) is 11.8. The van der Waals surface area contributed by atoms with Crippen LogP contribution in [-0.4, -0.2) is 20.0 Å². The highest BCUT2D eigenvalue weighted by Crippen LogP contribution is 2.32. The lowest BCUT2D eigenvalue weighted by molar-refractivity contribution is -0.144. The van der Waals surface area contributed by atoms with Crippen LogP contribution in [-0.2, 0) is 12.7 Å². The molecule has 0 amide bonds. The minimum atomic E-state index is -4.51. The first kappa shape index (κ1) is 15.0. The Kier molecular flexibility index (Phi) is 3.73. The molecule has 0 aliphatic heterocycles. The second-order valence-corrected chi connectivity index (χ2v) is 4.90. The van der Waals surface area contributed by atoms with Gasteiger partial charge in [-0.2, -0.15) is 18.3 Å². The van der Waals surface area contributed by atoms with Gasteiger partial charge in [0.15, 0.2) is 0 Å². The third-order valence-electron chi connectivity index (χ3n) is 3.19. The Morgan fingerprint density at radius 1 is 0.957 bits per heavy atom. The van der Waals surface area contributed by atoms with E-state index < -0.39 is 11.9 Å². The standard InChI is InChI=1S/C15H12F3N5/c16-15(17,18)13-8-12(11-6-7-14(19)21-20-11)22-23(13)9-10-4-2-1-3-5-10/h1-8H,9H2,(H2,19,21). The van der Waals surface area contributed by atoms with E-state index >= 15 is 0 Å². The van der Waals surface area contributed by atoms with Crippen LogP contribution in [0.1, 0.15) is 11.3 Å². The molecule has 1 aromatic carbocycles. The molecule has 118 valence electrons. The molecule has 0 saturated heterocycles. The Bertz CT molecular complexity index is 794. The van der Waals surface area contributed by atoms with Gasteiger partial charge in [-0.05, 0) is 23.8 Å². The van der Waals surface area contributed by atoms with Gasteiger partial charge in [0.1, 0.15) is 22.9 Å². The van der Waals surface area contributed by atoms with E-state index in [0.29, 0.717) is 0 Å². The van der Waals surface area contributed by atoms with Gasteiger partial charge in [-0.3, -0.25) is 4.68 Å². The predicted octanol–water partition coefficient (Wildman–Crippen LogP) is 2.99. The van der Waals surface area contributed by atoms with Crippen molar-refractivity contribution in [3.05, 3.63) is 59.8 Å². The van der Waals surface area contributed by atoms with Gasteiger partial charge in [0, 0.05) is 0 Å². The van der Waals surface area contributed by atoms with Gasteiger partial charge in [-0.1, -0.05) is 30.3 Å². The first-order valence-electron chi connectivity index (χ1n) is 6.72. The Morgan fingerprint density at radius 2 is 1.70 bits per heavy atom. The monoisotopic (exact) mass is 319 g/mol. The van der Waals surface area contributed by atoms with E-state index in [1.54, 1.807) is 30.3 Å². The minimum Gasteiger partial charge on any atom is -0.382 e. The average molecular weight is 319 g/mol. The molecule has 0 bridgehead atoms. The van der Waals surface area contributed by atoms with Gasteiger partial charge >= 0.3 is 6.18 Å². The van der Waals surface area contributed by atoms with Gasteiger partial charge < -0.3 is 5.73 Å². The summed E-state index contributed by atoms with van der Waals surface area (Å²) in [5.74, 6) is 0.188. The number of benzene rings is 1. The normalized spacial score (nSPS) is 11.6.